The van der Waals surface area contributed by atoms with Crippen molar-refractivity contribution in [3.05, 3.63) is 58.3 Å². The van der Waals surface area contributed by atoms with E-state index >= 15 is 0 Å². The molecule has 22 heavy (non-hydrogen) atoms. The van der Waals surface area contributed by atoms with Crippen molar-refractivity contribution in [3.63, 3.8) is 0 Å². The first-order valence-electron chi connectivity index (χ1n) is 7.43. The second kappa shape index (κ2) is 7.96. The molecule has 4 nitrogen and oxygen atoms in total. The third-order valence-corrected chi connectivity index (χ3v) is 4.07. The predicted octanol–water partition coefficient (Wildman–Crippen LogP) is 2.71. The Morgan fingerprint density at radius 3 is 2.64 bits per heavy atom. The van der Waals surface area contributed by atoms with Crippen LogP contribution in [0.3, 0.4) is 0 Å². The number of guanidine groups is 1. The van der Waals surface area contributed by atoms with Gasteiger partial charge in [0, 0.05) is 6.54 Å². The number of hydrogen-bond donors (Lipinski definition) is 3. The van der Waals surface area contributed by atoms with E-state index in [9.17, 15) is 5.11 Å². The molecular weight excluding hydrogens is 294 g/mol. The highest BCUT2D eigenvalue weighted by Crippen LogP contribution is 2.18. The summed E-state index contributed by atoms with van der Waals surface area (Å²) in [6.07, 6.45) is 0. The van der Waals surface area contributed by atoms with E-state index in [1.165, 1.54) is 5.56 Å². The first-order valence-corrected chi connectivity index (χ1v) is 8.37. The van der Waals surface area contributed by atoms with Crippen LogP contribution in [0.2, 0.25) is 0 Å². The molecule has 0 fully saturated rings. The van der Waals surface area contributed by atoms with Gasteiger partial charge in [-0.1, -0.05) is 30.3 Å². The quantitative estimate of drug-likeness (QED) is 0.567. The van der Waals surface area contributed by atoms with Crippen molar-refractivity contribution in [2.24, 2.45) is 4.99 Å². The van der Waals surface area contributed by atoms with E-state index in [1.54, 1.807) is 18.3 Å². The summed E-state index contributed by atoms with van der Waals surface area (Å²) in [6, 6.07) is 11.7. The Hall–Kier alpha value is -1.85. The van der Waals surface area contributed by atoms with E-state index in [1.807, 2.05) is 42.6 Å². The summed E-state index contributed by atoms with van der Waals surface area (Å²) in [5.41, 5.74) is 1.13. The van der Waals surface area contributed by atoms with E-state index in [0.717, 1.165) is 12.1 Å². The summed E-state index contributed by atoms with van der Waals surface area (Å²) in [7, 11) is 0. The second-order valence-electron chi connectivity index (χ2n) is 5.32. The average molecular weight is 317 g/mol. The van der Waals surface area contributed by atoms with E-state index in [-0.39, 0.29) is 0 Å². The molecule has 0 aliphatic rings. The summed E-state index contributed by atoms with van der Waals surface area (Å²) in [5, 5.41) is 21.2. The molecule has 2 rings (SSSR count). The number of nitrogens with one attached hydrogen (secondary N) is 2. The number of nitrogens with zero attached hydrogens (tertiary/aromatic N) is 1. The van der Waals surface area contributed by atoms with Crippen molar-refractivity contribution in [1.82, 2.24) is 10.6 Å². The van der Waals surface area contributed by atoms with Gasteiger partial charge >= 0.3 is 0 Å². The number of benzene rings is 1. The van der Waals surface area contributed by atoms with Crippen LogP contribution in [0.25, 0.3) is 0 Å². The highest BCUT2D eigenvalue weighted by Gasteiger charge is 2.22. The molecule has 1 atom stereocenters. The molecule has 1 unspecified atom stereocenters. The zero-order valence-electron chi connectivity index (χ0n) is 13.0. The van der Waals surface area contributed by atoms with E-state index in [0.29, 0.717) is 19.0 Å². The van der Waals surface area contributed by atoms with Gasteiger partial charge in [-0.25, -0.2) is 4.99 Å². The van der Waals surface area contributed by atoms with Gasteiger partial charge in [-0.2, -0.15) is 11.3 Å². The molecule has 0 spiro atoms. The van der Waals surface area contributed by atoms with Gasteiger partial charge in [-0.05, 0) is 41.8 Å². The number of thiophene rings is 1. The molecule has 0 radical (unpaired) electrons. The van der Waals surface area contributed by atoms with Crippen LogP contribution >= 0.6 is 11.3 Å². The van der Waals surface area contributed by atoms with Crippen LogP contribution in [0, 0.1) is 0 Å². The van der Waals surface area contributed by atoms with Gasteiger partial charge in [0.25, 0.3) is 0 Å². The van der Waals surface area contributed by atoms with Crippen LogP contribution in [0.4, 0.5) is 0 Å². The SMILES string of the molecule is CCNC(=NCc1ccsc1)NCC(C)(O)c1ccccc1. The molecular formula is C17H23N3OS. The Morgan fingerprint density at radius 2 is 2.00 bits per heavy atom. The van der Waals surface area contributed by atoms with Gasteiger partial charge in [-0.3, -0.25) is 0 Å². The molecule has 0 amide bonds. The Kier molecular flexibility index (Phi) is 5.98. The summed E-state index contributed by atoms with van der Waals surface area (Å²) in [5.74, 6) is 0.713. The highest BCUT2D eigenvalue weighted by molar-refractivity contribution is 7.07. The zero-order chi connectivity index (χ0) is 15.8. The van der Waals surface area contributed by atoms with Crippen molar-refractivity contribution in [1.29, 1.82) is 0 Å². The molecule has 0 aliphatic carbocycles. The molecule has 2 aromatic rings. The molecule has 1 aromatic carbocycles. The first kappa shape index (κ1) is 16.5. The molecule has 118 valence electrons. The normalized spacial score (nSPS) is 14.4. The Morgan fingerprint density at radius 1 is 1.23 bits per heavy atom. The lowest BCUT2D eigenvalue weighted by Gasteiger charge is -2.25. The van der Waals surface area contributed by atoms with Gasteiger partial charge in [0.1, 0.15) is 5.60 Å². The summed E-state index contributed by atoms with van der Waals surface area (Å²) < 4.78 is 0. The van der Waals surface area contributed by atoms with Gasteiger partial charge < -0.3 is 15.7 Å². The maximum Gasteiger partial charge on any atom is 0.191 e. The van der Waals surface area contributed by atoms with Crippen molar-refractivity contribution in [3.8, 4) is 0 Å². The fourth-order valence-electron chi connectivity index (χ4n) is 2.05. The predicted molar refractivity (Wildman–Crippen MR) is 93.2 cm³/mol. The smallest absolute Gasteiger partial charge is 0.191 e. The zero-order valence-corrected chi connectivity index (χ0v) is 13.9. The van der Waals surface area contributed by atoms with Crippen LogP contribution in [0.5, 0.6) is 0 Å². The molecule has 0 bridgehead atoms. The molecule has 0 saturated heterocycles. The Balaban J connectivity index is 1.97. The minimum Gasteiger partial charge on any atom is -0.384 e. The fraction of sp³-hybridized carbons (Fsp3) is 0.353. The van der Waals surface area contributed by atoms with Crippen LogP contribution in [-0.2, 0) is 12.1 Å². The minimum atomic E-state index is -0.945. The van der Waals surface area contributed by atoms with Crippen LogP contribution in [-0.4, -0.2) is 24.2 Å². The monoisotopic (exact) mass is 317 g/mol. The maximum atomic E-state index is 10.6. The summed E-state index contributed by atoms with van der Waals surface area (Å²) >= 11 is 1.67. The number of hydrogen-bond acceptors (Lipinski definition) is 3. The molecule has 0 aliphatic heterocycles. The molecule has 3 N–H and O–H groups in total. The van der Waals surface area contributed by atoms with Gasteiger partial charge in [-0.15, -0.1) is 0 Å². The summed E-state index contributed by atoms with van der Waals surface area (Å²) in [4.78, 5) is 4.54. The van der Waals surface area contributed by atoms with E-state index in [2.05, 4.69) is 27.1 Å². The van der Waals surface area contributed by atoms with Gasteiger partial charge in [0.05, 0.1) is 13.1 Å². The lowest BCUT2D eigenvalue weighted by Crippen LogP contribution is -2.44. The largest absolute Gasteiger partial charge is 0.384 e. The Labute approximate surface area is 135 Å². The first-order chi connectivity index (χ1) is 10.6. The summed E-state index contributed by atoms with van der Waals surface area (Å²) in [6.45, 7) is 5.64. The van der Waals surface area contributed by atoms with Crippen LogP contribution in [0.1, 0.15) is 25.0 Å². The van der Waals surface area contributed by atoms with Crippen molar-refractivity contribution in [2.45, 2.75) is 26.0 Å². The third kappa shape index (κ3) is 4.86. The van der Waals surface area contributed by atoms with Gasteiger partial charge in [0.2, 0.25) is 0 Å². The number of rotatable bonds is 6. The number of aliphatic hydroxyl groups is 1. The lowest BCUT2D eigenvalue weighted by molar-refractivity contribution is 0.0617. The van der Waals surface area contributed by atoms with E-state index in [4.69, 9.17) is 0 Å². The van der Waals surface area contributed by atoms with Gasteiger partial charge in [0.15, 0.2) is 5.96 Å². The number of aliphatic imine (C=N–C) groups is 1. The molecule has 1 heterocycles. The fourth-order valence-corrected chi connectivity index (χ4v) is 2.71. The molecule has 0 saturated carbocycles. The van der Waals surface area contributed by atoms with Crippen molar-refractivity contribution in [2.75, 3.05) is 13.1 Å². The molecule has 1 aromatic heterocycles. The van der Waals surface area contributed by atoms with E-state index < -0.39 is 5.60 Å². The minimum absolute atomic E-state index is 0.395. The van der Waals surface area contributed by atoms with Crippen molar-refractivity contribution < 1.29 is 5.11 Å². The molecule has 5 heteroatoms. The van der Waals surface area contributed by atoms with Crippen LogP contribution < -0.4 is 10.6 Å². The maximum absolute atomic E-state index is 10.6. The third-order valence-electron chi connectivity index (χ3n) is 3.34. The Bertz CT molecular complexity index is 579. The average Bonchev–Trinajstić information content (AvgIpc) is 3.04. The topological polar surface area (TPSA) is 56.7 Å². The van der Waals surface area contributed by atoms with Crippen LogP contribution in [0.15, 0.2) is 52.2 Å². The lowest BCUT2D eigenvalue weighted by atomic mass is 9.96. The standard InChI is InChI=1S/C17H23N3OS/c1-3-18-16(19-11-14-9-10-22-12-14)20-13-17(2,21)15-7-5-4-6-8-15/h4-10,12,21H,3,11,13H2,1-2H3,(H2,18,19,20). The van der Waals surface area contributed by atoms with Crippen molar-refractivity contribution >= 4 is 17.3 Å². The highest BCUT2D eigenvalue weighted by atomic mass is 32.1. The second-order valence-corrected chi connectivity index (χ2v) is 6.10.